The number of aryl methyl sites for hydroxylation is 1. The standard InChI is InChI=1S/C22H29FN4O/c1-4-24-22-25-14(2)18(21(28)26(22)3)9-10-27-12-16-11-19(20(16)13-27)15-5-7-17(23)8-6-15/h5-8,16,19-20H,4,9-13H2,1-3H3,(H,24,25). The van der Waals surface area contributed by atoms with E-state index in [9.17, 15) is 9.18 Å². The van der Waals surface area contributed by atoms with Gasteiger partial charge in [-0.05, 0) is 62.1 Å². The third-order valence-corrected chi connectivity index (χ3v) is 6.54. The lowest BCUT2D eigenvalue weighted by Crippen LogP contribution is -2.33. The van der Waals surface area contributed by atoms with E-state index in [2.05, 4.69) is 15.2 Å². The summed E-state index contributed by atoms with van der Waals surface area (Å²) >= 11 is 0. The molecule has 0 spiro atoms. The van der Waals surface area contributed by atoms with Gasteiger partial charge >= 0.3 is 0 Å². The normalized spacial score (nSPS) is 24.1. The number of benzene rings is 1. The average Bonchev–Trinajstić information content (AvgIpc) is 2.97. The van der Waals surface area contributed by atoms with Crippen LogP contribution < -0.4 is 10.9 Å². The molecule has 2 aromatic rings. The Bertz CT molecular complexity index is 908. The number of nitrogens with zero attached hydrogens (tertiary/aromatic N) is 3. The van der Waals surface area contributed by atoms with Crippen molar-refractivity contribution in [3.63, 3.8) is 0 Å². The molecule has 0 amide bonds. The Morgan fingerprint density at radius 2 is 2.00 bits per heavy atom. The van der Waals surface area contributed by atoms with Gasteiger partial charge in [-0.3, -0.25) is 9.36 Å². The first-order valence-electron chi connectivity index (χ1n) is 10.3. The number of fused-ring (bicyclic) bond motifs is 1. The maximum absolute atomic E-state index is 13.2. The van der Waals surface area contributed by atoms with Crippen molar-refractivity contribution in [1.82, 2.24) is 14.5 Å². The Morgan fingerprint density at radius 1 is 1.25 bits per heavy atom. The lowest BCUT2D eigenvalue weighted by Gasteiger charge is -2.40. The Hall–Kier alpha value is -2.21. The van der Waals surface area contributed by atoms with Gasteiger partial charge in [0, 0.05) is 44.5 Å². The molecule has 6 heteroatoms. The monoisotopic (exact) mass is 384 g/mol. The van der Waals surface area contributed by atoms with Gasteiger partial charge in [0.25, 0.3) is 5.56 Å². The van der Waals surface area contributed by atoms with E-state index in [0.717, 1.165) is 49.8 Å². The second-order valence-electron chi connectivity index (χ2n) is 8.22. The van der Waals surface area contributed by atoms with E-state index in [0.29, 0.717) is 17.8 Å². The summed E-state index contributed by atoms with van der Waals surface area (Å²) in [5, 5.41) is 3.14. The van der Waals surface area contributed by atoms with Crippen LogP contribution in [-0.2, 0) is 13.5 Å². The highest BCUT2D eigenvalue weighted by atomic mass is 19.1. The largest absolute Gasteiger partial charge is 0.356 e. The molecule has 1 saturated heterocycles. The summed E-state index contributed by atoms with van der Waals surface area (Å²) in [7, 11) is 1.78. The van der Waals surface area contributed by atoms with Gasteiger partial charge < -0.3 is 10.2 Å². The molecule has 3 unspecified atom stereocenters. The van der Waals surface area contributed by atoms with E-state index in [1.54, 1.807) is 23.7 Å². The molecule has 0 radical (unpaired) electrons. The molecule has 1 aliphatic carbocycles. The summed E-state index contributed by atoms with van der Waals surface area (Å²) in [5.41, 5.74) is 2.95. The van der Waals surface area contributed by atoms with Crippen LogP contribution in [0.5, 0.6) is 0 Å². The Kier molecular flexibility index (Phi) is 5.23. The van der Waals surface area contributed by atoms with Crippen LogP contribution in [0.15, 0.2) is 29.1 Å². The zero-order chi connectivity index (χ0) is 19.8. The summed E-state index contributed by atoms with van der Waals surface area (Å²) in [4.78, 5) is 19.8. The van der Waals surface area contributed by atoms with E-state index >= 15 is 0 Å². The quantitative estimate of drug-likeness (QED) is 0.832. The van der Waals surface area contributed by atoms with Crippen LogP contribution in [0.3, 0.4) is 0 Å². The molecule has 2 heterocycles. The van der Waals surface area contributed by atoms with E-state index < -0.39 is 0 Å². The number of likely N-dealkylation sites (tertiary alicyclic amines) is 1. The number of aromatic nitrogens is 2. The summed E-state index contributed by atoms with van der Waals surface area (Å²) in [6, 6.07) is 7.00. The van der Waals surface area contributed by atoms with Crippen LogP contribution in [0.1, 0.15) is 36.1 Å². The van der Waals surface area contributed by atoms with Gasteiger partial charge in [-0.15, -0.1) is 0 Å². The number of halogens is 1. The van der Waals surface area contributed by atoms with Gasteiger partial charge in [-0.25, -0.2) is 9.37 Å². The van der Waals surface area contributed by atoms with E-state index in [1.807, 2.05) is 26.0 Å². The van der Waals surface area contributed by atoms with Crippen molar-refractivity contribution < 1.29 is 4.39 Å². The molecule has 0 bridgehead atoms. The fourth-order valence-electron chi connectivity index (χ4n) is 4.90. The third kappa shape index (κ3) is 3.46. The van der Waals surface area contributed by atoms with Crippen molar-refractivity contribution in [2.24, 2.45) is 18.9 Å². The molecule has 3 atom stereocenters. The van der Waals surface area contributed by atoms with Crippen molar-refractivity contribution in [1.29, 1.82) is 0 Å². The van der Waals surface area contributed by atoms with Crippen LogP contribution in [0.4, 0.5) is 10.3 Å². The molecular formula is C22H29FN4O. The number of rotatable bonds is 6. The van der Waals surface area contributed by atoms with E-state index in [4.69, 9.17) is 0 Å². The maximum atomic E-state index is 13.2. The molecule has 1 aromatic heterocycles. The molecule has 1 aromatic carbocycles. The molecule has 150 valence electrons. The predicted molar refractivity (Wildman–Crippen MR) is 109 cm³/mol. The van der Waals surface area contributed by atoms with Gasteiger partial charge in [0.05, 0.1) is 0 Å². The number of anilines is 1. The smallest absolute Gasteiger partial charge is 0.258 e. The number of nitrogens with one attached hydrogen (secondary N) is 1. The van der Waals surface area contributed by atoms with Gasteiger partial charge in [0.2, 0.25) is 5.95 Å². The van der Waals surface area contributed by atoms with Crippen molar-refractivity contribution in [2.45, 2.75) is 32.6 Å². The molecule has 2 fully saturated rings. The van der Waals surface area contributed by atoms with Crippen LogP contribution in [-0.4, -0.2) is 40.6 Å². The molecule has 28 heavy (non-hydrogen) atoms. The second kappa shape index (κ2) is 7.66. The summed E-state index contributed by atoms with van der Waals surface area (Å²) < 4.78 is 14.8. The minimum absolute atomic E-state index is 0.0507. The predicted octanol–water partition coefficient (Wildman–Crippen LogP) is 2.94. The first kappa shape index (κ1) is 19.1. The van der Waals surface area contributed by atoms with Gasteiger partial charge in [-0.2, -0.15) is 0 Å². The number of hydrogen-bond donors (Lipinski definition) is 1. The van der Waals surface area contributed by atoms with Gasteiger partial charge in [-0.1, -0.05) is 12.1 Å². The first-order valence-corrected chi connectivity index (χ1v) is 10.3. The third-order valence-electron chi connectivity index (χ3n) is 6.54. The van der Waals surface area contributed by atoms with Gasteiger partial charge in [0.1, 0.15) is 5.82 Å². The summed E-state index contributed by atoms with van der Waals surface area (Å²) in [6.07, 6.45) is 1.92. The Balaban J connectivity index is 1.39. The zero-order valence-electron chi connectivity index (χ0n) is 16.9. The van der Waals surface area contributed by atoms with Crippen LogP contribution in [0.25, 0.3) is 0 Å². The summed E-state index contributed by atoms with van der Waals surface area (Å²) in [5.74, 6) is 2.40. The fourth-order valence-corrected chi connectivity index (χ4v) is 4.90. The molecular weight excluding hydrogens is 355 g/mol. The van der Waals surface area contributed by atoms with E-state index in [1.165, 1.54) is 12.0 Å². The SMILES string of the molecule is CCNc1nc(C)c(CCN2CC3CC(c4ccc(F)cc4)C3C2)c(=O)n1C. The highest BCUT2D eigenvalue weighted by Crippen LogP contribution is 2.51. The minimum Gasteiger partial charge on any atom is -0.356 e. The van der Waals surface area contributed by atoms with Crippen LogP contribution in [0, 0.1) is 24.6 Å². The lowest BCUT2D eigenvalue weighted by molar-refractivity contribution is 0.191. The first-order chi connectivity index (χ1) is 13.5. The van der Waals surface area contributed by atoms with Crippen molar-refractivity contribution in [2.75, 3.05) is 31.5 Å². The Morgan fingerprint density at radius 3 is 2.71 bits per heavy atom. The lowest BCUT2D eigenvalue weighted by atomic mass is 9.64. The molecule has 1 aliphatic heterocycles. The summed E-state index contributed by atoms with van der Waals surface area (Å²) in [6.45, 7) is 7.72. The van der Waals surface area contributed by atoms with Crippen molar-refractivity contribution in [3.8, 4) is 0 Å². The average molecular weight is 384 g/mol. The molecule has 1 N–H and O–H groups in total. The van der Waals surface area contributed by atoms with Crippen molar-refractivity contribution in [3.05, 3.63) is 57.3 Å². The van der Waals surface area contributed by atoms with Gasteiger partial charge in [0.15, 0.2) is 0 Å². The molecule has 5 nitrogen and oxygen atoms in total. The minimum atomic E-state index is -0.168. The number of hydrogen-bond acceptors (Lipinski definition) is 4. The highest BCUT2D eigenvalue weighted by Gasteiger charge is 2.47. The highest BCUT2D eigenvalue weighted by molar-refractivity contribution is 5.31. The maximum Gasteiger partial charge on any atom is 0.258 e. The fraction of sp³-hybridized carbons (Fsp3) is 0.545. The zero-order valence-corrected chi connectivity index (χ0v) is 16.9. The van der Waals surface area contributed by atoms with Crippen LogP contribution >= 0.6 is 0 Å². The Labute approximate surface area is 165 Å². The van der Waals surface area contributed by atoms with Crippen LogP contribution in [0.2, 0.25) is 0 Å². The molecule has 2 aliphatic rings. The van der Waals surface area contributed by atoms with E-state index in [-0.39, 0.29) is 11.4 Å². The van der Waals surface area contributed by atoms with Crippen molar-refractivity contribution >= 4 is 5.95 Å². The topological polar surface area (TPSA) is 50.2 Å². The second-order valence-corrected chi connectivity index (χ2v) is 8.22. The molecule has 1 saturated carbocycles. The molecule has 4 rings (SSSR count).